The summed E-state index contributed by atoms with van der Waals surface area (Å²) >= 11 is 0. The molecule has 16 heteroatoms. The molecular formula is C27H27F9N2O5. The second-order valence-corrected chi connectivity index (χ2v) is 9.95. The molecule has 0 saturated heterocycles. The minimum atomic E-state index is -5.19. The summed E-state index contributed by atoms with van der Waals surface area (Å²) in [5, 5.41) is 0. The highest BCUT2D eigenvalue weighted by Gasteiger charge is 2.44. The molecular weight excluding hydrogens is 603 g/mol. The maximum atomic E-state index is 13.8. The second-order valence-electron chi connectivity index (χ2n) is 9.95. The number of alkyl halides is 9. The first-order valence-electron chi connectivity index (χ1n) is 12.6. The maximum Gasteiger partial charge on any atom is 0.416 e. The molecule has 2 atom stereocenters. The molecule has 2 unspecified atom stereocenters. The Balaban J connectivity index is 2.25. The second kappa shape index (κ2) is 12.5. The Kier molecular flexibility index (Phi) is 9.83. The van der Waals surface area contributed by atoms with Crippen LogP contribution in [0, 0.1) is 0 Å². The quantitative estimate of drug-likeness (QED) is 0.305. The van der Waals surface area contributed by atoms with E-state index in [2.05, 4.69) is 0 Å². The molecule has 0 N–H and O–H groups in total. The highest BCUT2D eigenvalue weighted by atomic mass is 19.4. The minimum Gasteiger partial charge on any atom is -0.453 e. The van der Waals surface area contributed by atoms with Gasteiger partial charge in [0.15, 0.2) is 0 Å². The zero-order valence-electron chi connectivity index (χ0n) is 23.2. The Morgan fingerprint density at radius 3 is 1.91 bits per heavy atom. The number of benzene rings is 2. The number of halogens is 9. The van der Waals surface area contributed by atoms with Crippen molar-refractivity contribution < 1.29 is 63.3 Å². The fraction of sp³-hybridized carbons (Fsp3) is 0.481. The van der Waals surface area contributed by atoms with Crippen LogP contribution >= 0.6 is 0 Å². The smallest absolute Gasteiger partial charge is 0.416 e. The normalized spacial score (nSPS) is 17.5. The fourth-order valence-electron chi connectivity index (χ4n) is 4.77. The summed E-state index contributed by atoms with van der Waals surface area (Å²) in [5.74, 6) is 0. The van der Waals surface area contributed by atoms with Gasteiger partial charge in [0.1, 0.15) is 0 Å². The van der Waals surface area contributed by atoms with Crippen LogP contribution in [0.4, 0.5) is 54.8 Å². The number of ether oxygens (including phenoxy) is 3. The lowest BCUT2D eigenvalue weighted by Gasteiger charge is -2.43. The van der Waals surface area contributed by atoms with Crippen molar-refractivity contribution in [1.29, 1.82) is 0 Å². The van der Waals surface area contributed by atoms with Gasteiger partial charge in [0.25, 0.3) is 0 Å². The first-order chi connectivity index (χ1) is 19.8. The monoisotopic (exact) mass is 630 g/mol. The van der Waals surface area contributed by atoms with E-state index in [0.717, 1.165) is 18.1 Å². The molecule has 0 saturated carbocycles. The summed E-state index contributed by atoms with van der Waals surface area (Å²) < 4.78 is 138. The van der Waals surface area contributed by atoms with E-state index in [0.29, 0.717) is 29.2 Å². The van der Waals surface area contributed by atoms with Gasteiger partial charge in [0.05, 0.1) is 54.3 Å². The van der Waals surface area contributed by atoms with Crippen molar-refractivity contribution in [3.63, 3.8) is 0 Å². The molecule has 0 radical (unpaired) electrons. The van der Waals surface area contributed by atoms with Crippen molar-refractivity contribution in [2.24, 2.45) is 0 Å². The van der Waals surface area contributed by atoms with Crippen molar-refractivity contribution in [3.05, 3.63) is 64.2 Å². The summed E-state index contributed by atoms with van der Waals surface area (Å²) in [6.07, 6.45) is -18.4. The molecule has 2 aromatic rings. The van der Waals surface area contributed by atoms with Gasteiger partial charge in [-0.3, -0.25) is 9.80 Å². The zero-order valence-corrected chi connectivity index (χ0v) is 23.2. The van der Waals surface area contributed by atoms with Crippen LogP contribution in [0.25, 0.3) is 0 Å². The lowest BCUT2D eigenvalue weighted by Crippen LogP contribution is -2.51. The van der Waals surface area contributed by atoms with E-state index in [-0.39, 0.29) is 30.3 Å². The molecule has 1 aliphatic rings. The van der Waals surface area contributed by atoms with Crippen LogP contribution in [0.5, 0.6) is 0 Å². The Bertz CT molecular complexity index is 1290. The molecule has 0 aliphatic carbocycles. The average molecular weight is 631 g/mol. The number of carbonyl (C=O) groups excluding carboxylic acids is 2. The van der Waals surface area contributed by atoms with Gasteiger partial charge in [-0.2, -0.15) is 39.5 Å². The van der Waals surface area contributed by atoms with E-state index in [9.17, 15) is 49.1 Å². The summed E-state index contributed by atoms with van der Waals surface area (Å²) in [6.45, 7) is 1.93. The number of rotatable bonds is 6. The molecule has 0 bridgehead atoms. The van der Waals surface area contributed by atoms with Gasteiger partial charge in [-0.1, -0.05) is 0 Å². The molecule has 2 amide bonds. The molecule has 0 aromatic heterocycles. The highest BCUT2D eigenvalue weighted by molar-refractivity contribution is 5.91. The van der Waals surface area contributed by atoms with Crippen LogP contribution in [-0.2, 0) is 39.3 Å². The maximum absolute atomic E-state index is 13.8. The molecule has 2 aromatic carbocycles. The summed E-state index contributed by atoms with van der Waals surface area (Å²) in [7, 11) is 2.15. The number of methoxy groups -OCH3 is 2. The number of nitrogens with zero attached hydrogens (tertiary/aromatic N) is 2. The van der Waals surface area contributed by atoms with Crippen molar-refractivity contribution >= 4 is 17.9 Å². The van der Waals surface area contributed by atoms with Gasteiger partial charge >= 0.3 is 30.7 Å². The predicted molar refractivity (Wildman–Crippen MR) is 133 cm³/mol. The van der Waals surface area contributed by atoms with Gasteiger partial charge in [0.2, 0.25) is 0 Å². The van der Waals surface area contributed by atoms with Crippen LogP contribution in [0.1, 0.15) is 54.1 Å². The third-order valence-electron chi connectivity index (χ3n) is 6.51. The fourth-order valence-corrected chi connectivity index (χ4v) is 4.77. The Labute approximate surface area is 240 Å². The molecule has 238 valence electrons. The van der Waals surface area contributed by atoms with Gasteiger partial charge < -0.3 is 14.2 Å². The van der Waals surface area contributed by atoms with Crippen LogP contribution in [0.2, 0.25) is 0 Å². The van der Waals surface area contributed by atoms with Crippen LogP contribution < -0.4 is 4.90 Å². The van der Waals surface area contributed by atoms with Gasteiger partial charge in [-0.05, 0) is 67.8 Å². The molecule has 1 heterocycles. The minimum absolute atomic E-state index is 0.0929. The standard InChI is InChI=1S/C27H27F9N2O5/c1-14(2)43-24(40)38-19(13-41-3)11-22(20-10-16(25(28,29)30)5-6-21(20)38)37(23(39)42-4)12-15-7-17(26(31,32)33)9-18(8-15)27(34,35)36/h5-10,14,19,22H,11-13H2,1-4H3. The molecule has 7 nitrogen and oxygen atoms in total. The third kappa shape index (κ3) is 7.83. The topological polar surface area (TPSA) is 68.3 Å². The van der Waals surface area contributed by atoms with Gasteiger partial charge in [-0.15, -0.1) is 0 Å². The number of carbonyl (C=O) groups is 2. The van der Waals surface area contributed by atoms with Crippen LogP contribution in [0.15, 0.2) is 36.4 Å². The Hall–Kier alpha value is -3.69. The largest absolute Gasteiger partial charge is 0.453 e. The van der Waals surface area contributed by atoms with Crippen LogP contribution in [-0.4, -0.2) is 50.1 Å². The van der Waals surface area contributed by atoms with E-state index in [1.807, 2.05) is 0 Å². The Morgan fingerprint density at radius 1 is 0.884 bits per heavy atom. The molecule has 43 heavy (non-hydrogen) atoms. The predicted octanol–water partition coefficient (Wildman–Crippen LogP) is 7.82. The van der Waals surface area contributed by atoms with Gasteiger partial charge in [-0.25, -0.2) is 9.59 Å². The third-order valence-corrected chi connectivity index (χ3v) is 6.51. The number of fused-ring (bicyclic) bond motifs is 1. The number of hydrogen-bond donors (Lipinski definition) is 0. The van der Waals surface area contributed by atoms with E-state index < -0.39 is 77.7 Å². The molecule has 0 spiro atoms. The molecule has 1 aliphatic heterocycles. The lowest BCUT2D eigenvalue weighted by atomic mass is 9.88. The Morgan fingerprint density at radius 2 is 1.44 bits per heavy atom. The first-order valence-corrected chi connectivity index (χ1v) is 12.6. The summed E-state index contributed by atoms with van der Waals surface area (Å²) in [4.78, 5) is 27.8. The summed E-state index contributed by atoms with van der Waals surface area (Å²) in [5.41, 5.74) is -5.49. The number of hydrogen-bond acceptors (Lipinski definition) is 5. The van der Waals surface area contributed by atoms with E-state index in [1.54, 1.807) is 0 Å². The van der Waals surface area contributed by atoms with Crippen LogP contribution in [0.3, 0.4) is 0 Å². The number of amides is 2. The van der Waals surface area contributed by atoms with E-state index in [4.69, 9.17) is 14.2 Å². The number of anilines is 1. The van der Waals surface area contributed by atoms with E-state index >= 15 is 0 Å². The van der Waals surface area contributed by atoms with Crippen molar-refractivity contribution in [3.8, 4) is 0 Å². The van der Waals surface area contributed by atoms with Crippen molar-refractivity contribution in [2.45, 2.75) is 63.5 Å². The zero-order chi connectivity index (χ0) is 32.5. The first kappa shape index (κ1) is 33.8. The van der Waals surface area contributed by atoms with Crippen molar-refractivity contribution in [1.82, 2.24) is 4.90 Å². The molecule has 0 fully saturated rings. The van der Waals surface area contributed by atoms with Crippen molar-refractivity contribution in [2.75, 3.05) is 25.7 Å². The molecule has 3 rings (SSSR count). The summed E-state index contributed by atoms with van der Waals surface area (Å²) in [6, 6.07) is 0.621. The highest BCUT2D eigenvalue weighted by Crippen LogP contribution is 2.45. The van der Waals surface area contributed by atoms with E-state index in [1.165, 1.54) is 21.0 Å². The average Bonchev–Trinajstić information content (AvgIpc) is 2.88. The lowest BCUT2D eigenvalue weighted by molar-refractivity contribution is -0.143. The SMILES string of the molecule is COCC1CC(N(Cc2cc(C(F)(F)F)cc(C(F)(F)F)c2)C(=O)OC)c2cc(C(F)(F)F)ccc2N1C(=O)OC(C)C. The van der Waals surface area contributed by atoms with Gasteiger partial charge in [0, 0.05) is 13.7 Å².